The molecule has 0 amide bonds. The van der Waals surface area contributed by atoms with Crippen molar-refractivity contribution in [1.82, 2.24) is 9.78 Å². The number of aromatic nitrogens is 2. The van der Waals surface area contributed by atoms with Crippen LogP contribution in [0.5, 0.6) is 0 Å². The van der Waals surface area contributed by atoms with Gasteiger partial charge in [-0.2, -0.15) is 5.10 Å². The lowest BCUT2D eigenvalue weighted by Crippen LogP contribution is -2.35. The van der Waals surface area contributed by atoms with Gasteiger partial charge in [-0.25, -0.2) is 9.48 Å². The van der Waals surface area contributed by atoms with E-state index < -0.39 is 23.5 Å². The van der Waals surface area contributed by atoms with Crippen LogP contribution in [0.1, 0.15) is 19.0 Å². The van der Waals surface area contributed by atoms with E-state index in [1.54, 1.807) is 0 Å². The van der Waals surface area contributed by atoms with E-state index in [2.05, 4.69) is 15.2 Å². The van der Waals surface area contributed by atoms with Crippen molar-refractivity contribution in [3.63, 3.8) is 0 Å². The van der Waals surface area contributed by atoms with E-state index in [1.807, 2.05) is 6.92 Å². The van der Waals surface area contributed by atoms with Gasteiger partial charge in [0.05, 0.1) is 18.6 Å². The number of nitrogens with zero attached hydrogens (tertiary/aromatic N) is 3. The standard InChI is InChI=1S/C11H18N4O5/c1-4-5-7-9(15(18)19)10(14(2)13-7)12-8(6-16)11(17)20-3/h8,12,16H,4-6H2,1-3H3. The molecule has 0 aliphatic carbocycles. The first kappa shape index (κ1) is 15.9. The van der Waals surface area contributed by atoms with Crippen LogP contribution in [0.3, 0.4) is 0 Å². The molecule has 1 atom stereocenters. The third-order valence-electron chi connectivity index (χ3n) is 2.74. The maximum Gasteiger partial charge on any atom is 0.334 e. The highest BCUT2D eigenvalue weighted by molar-refractivity contribution is 5.80. The number of hydrogen-bond donors (Lipinski definition) is 2. The quantitative estimate of drug-likeness (QED) is 0.418. The van der Waals surface area contributed by atoms with Crippen LogP contribution >= 0.6 is 0 Å². The Bertz CT molecular complexity index is 499. The van der Waals surface area contributed by atoms with E-state index in [0.717, 1.165) is 0 Å². The largest absolute Gasteiger partial charge is 0.467 e. The van der Waals surface area contributed by atoms with Gasteiger partial charge >= 0.3 is 11.7 Å². The van der Waals surface area contributed by atoms with Crippen molar-refractivity contribution >= 4 is 17.5 Å². The van der Waals surface area contributed by atoms with Crippen LogP contribution in [-0.4, -0.2) is 45.5 Å². The Morgan fingerprint density at radius 1 is 1.65 bits per heavy atom. The maximum absolute atomic E-state index is 11.4. The molecule has 20 heavy (non-hydrogen) atoms. The van der Waals surface area contributed by atoms with Gasteiger partial charge in [0.1, 0.15) is 11.7 Å². The molecule has 0 fully saturated rings. The predicted molar refractivity (Wildman–Crippen MR) is 70.4 cm³/mol. The van der Waals surface area contributed by atoms with Gasteiger partial charge in [0.2, 0.25) is 5.82 Å². The Labute approximate surface area is 115 Å². The number of aryl methyl sites for hydroxylation is 2. The number of carbonyl (C=O) groups is 1. The van der Waals surface area contributed by atoms with Crippen molar-refractivity contribution in [2.24, 2.45) is 7.05 Å². The number of ether oxygens (including phenoxy) is 1. The molecule has 0 spiro atoms. The summed E-state index contributed by atoms with van der Waals surface area (Å²) in [6.45, 7) is 1.34. The second kappa shape index (κ2) is 6.85. The summed E-state index contributed by atoms with van der Waals surface area (Å²) in [5.74, 6) is -0.636. The molecule has 0 saturated heterocycles. The van der Waals surface area contributed by atoms with E-state index >= 15 is 0 Å². The molecule has 112 valence electrons. The average Bonchev–Trinajstić information content (AvgIpc) is 2.71. The first-order valence-electron chi connectivity index (χ1n) is 6.11. The molecular weight excluding hydrogens is 268 g/mol. The van der Waals surface area contributed by atoms with Gasteiger partial charge in [0.25, 0.3) is 0 Å². The number of hydrogen-bond acceptors (Lipinski definition) is 7. The summed E-state index contributed by atoms with van der Waals surface area (Å²) in [6.07, 6.45) is 1.16. The van der Waals surface area contributed by atoms with E-state index in [1.165, 1.54) is 18.8 Å². The van der Waals surface area contributed by atoms with Crippen molar-refractivity contribution in [3.05, 3.63) is 15.8 Å². The molecule has 0 aliphatic rings. The van der Waals surface area contributed by atoms with Crippen molar-refractivity contribution in [2.75, 3.05) is 19.0 Å². The number of esters is 1. The molecule has 0 bridgehead atoms. The number of rotatable bonds is 7. The lowest BCUT2D eigenvalue weighted by Gasteiger charge is -2.14. The molecule has 1 heterocycles. The van der Waals surface area contributed by atoms with Crippen LogP contribution in [0.25, 0.3) is 0 Å². The van der Waals surface area contributed by atoms with Crippen LogP contribution in [-0.2, 0) is 23.0 Å². The van der Waals surface area contributed by atoms with Gasteiger partial charge in [0, 0.05) is 7.05 Å². The van der Waals surface area contributed by atoms with Crippen molar-refractivity contribution in [2.45, 2.75) is 25.8 Å². The molecule has 2 N–H and O–H groups in total. The summed E-state index contributed by atoms with van der Waals surface area (Å²) in [4.78, 5) is 22.1. The van der Waals surface area contributed by atoms with Gasteiger partial charge in [-0.15, -0.1) is 0 Å². The number of aliphatic hydroxyl groups is 1. The summed E-state index contributed by atoms with van der Waals surface area (Å²) in [7, 11) is 2.70. The molecular formula is C11H18N4O5. The maximum atomic E-state index is 11.4. The number of carbonyl (C=O) groups excluding carboxylic acids is 1. The molecule has 0 aliphatic heterocycles. The third kappa shape index (κ3) is 3.23. The average molecular weight is 286 g/mol. The van der Waals surface area contributed by atoms with Crippen molar-refractivity contribution in [1.29, 1.82) is 0 Å². The van der Waals surface area contributed by atoms with Gasteiger partial charge < -0.3 is 15.2 Å². The highest BCUT2D eigenvalue weighted by Crippen LogP contribution is 2.29. The predicted octanol–water partition coefficient (Wildman–Crippen LogP) is 0.227. The van der Waals surface area contributed by atoms with E-state index in [-0.39, 0.29) is 11.5 Å². The summed E-state index contributed by atoms with van der Waals surface area (Å²) in [5.41, 5.74) is 0.153. The van der Waals surface area contributed by atoms with E-state index in [0.29, 0.717) is 18.5 Å². The Morgan fingerprint density at radius 2 is 2.30 bits per heavy atom. The van der Waals surface area contributed by atoms with Crippen molar-refractivity contribution in [3.8, 4) is 0 Å². The monoisotopic (exact) mass is 286 g/mol. The Kier molecular flexibility index (Phi) is 5.44. The third-order valence-corrected chi connectivity index (χ3v) is 2.74. The lowest BCUT2D eigenvalue weighted by atomic mass is 10.2. The summed E-state index contributed by atoms with van der Waals surface area (Å²) < 4.78 is 5.80. The SMILES string of the molecule is CCCc1nn(C)c(NC(CO)C(=O)OC)c1[N+](=O)[O-]. The summed E-state index contributed by atoms with van der Waals surface area (Å²) in [5, 5.41) is 27.0. The van der Waals surface area contributed by atoms with Gasteiger partial charge in [-0.3, -0.25) is 10.1 Å². The zero-order valence-corrected chi connectivity index (χ0v) is 11.6. The first-order valence-corrected chi connectivity index (χ1v) is 6.11. The summed E-state index contributed by atoms with van der Waals surface area (Å²) >= 11 is 0. The normalized spacial score (nSPS) is 12.0. The fourth-order valence-electron chi connectivity index (χ4n) is 1.81. The van der Waals surface area contributed by atoms with Crippen molar-refractivity contribution < 1.29 is 19.6 Å². The van der Waals surface area contributed by atoms with E-state index in [4.69, 9.17) is 5.11 Å². The van der Waals surface area contributed by atoms with Crippen LogP contribution in [0.2, 0.25) is 0 Å². The highest BCUT2D eigenvalue weighted by atomic mass is 16.6. The minimum Gasteiger partial charge on any atom is -0.467 e. The molecule has 1 rings (SSSR count). The Morgan fingerprint density at radius 3 is 2.75 bits per heavy atom. The van der Waals surface area contributed by atoms with Crippen LogP contribution in [0.4, 0.5) is 11.5 Å². The van der Waals surface area contributed by atoms with Gasteiger partial charge in [0.15, 0.2) is 0 Å². The van der Waals surface area contributed by atoms with Crippen LogP contribution in [0, 0.1) is 10.1 Å². The fraction of sp³-hybridized carbons (Fsp3) is 0.636. The van der Waals surface area contributed by atoms with Crippen LogP contribution in [0.15, 0.2) is 0 Å². The number of methoxy groups -OCH3 is 1. The minimum atomic E-state index is -1.08. The van der Waals surface area contributed by atoms with Gasteiger partial charge in [-0.1, -0.05) is 13.3 Å². The number of anilines is 1. The smallest absolute Gasteiger partial charge is 0.334 e. The highest BCUT2D eigenvalue weighted by Gasteiger charge is 2.29. The first-order chi connectivity index (χ1) is 9.46. The Balaban J connectivity index is 3.16. The minimum absolute atomic E-state index is 0.0721. The molecule has 1 unspecified atom stereocenters. The molecule has 9 nitrogen and oxygen atoms in total. The van der Waals surface area contributed by atoms with Crippen LogP contribution < -0.4 is 5.32 Å². The summed E-state index contributed by atoms with van der Waals surface area (Å²) in [6, 6.07) is -1.08. The second-order valence-corrected chi connectivity index (χ2v) is 4.18. The Hall–Kier alpha value is -2.16. The number of nitro groups is 1. The number of nitrogens with one attached hydrogen (secondary N) is 1. The molecule has 9 heteroatoms. The molecule has 1 aromatic heterocycles. The molecule has 0 radical (unpaired) electrons. The lowest BCUT2D eigenvalue weighted by molar-refractivity contribution is -0.384. The molecule has 0 aromatic carbocycles. The zero-order chi connectivity index (χ0) is 15.3. The molecule has 1 aromatic rings. The van der Waals surface area contributed by atoms with Gasteiger partial charge in [-0.05, 0) is 6.42 Å². The second-order valence-electron chi connectivity index (χ2n) is 4.18. The molecule has 0 saturated carbocycles. The fourth-order valence-corrected chi connectivity index (χ4v) is 1.81. The zero-order valence-electron chi connectivity index (χ0n) is 11.6. The number of aliphatic hydroxyl groups excluding tert-OH is 1. The van der Waals surface area contributed by atoms with E-state index in [9.17, 15) is 14.9 Å². The topological polar surface area (TPSA) is 120 Å².